The fourth-order valence-electron chi connectivity index (χ4n) is 2.07. The number of rotatable bonds is 2. The van der Waals surface area contributed by atoms with Gasteiger partial charge in [0.2, 0.25) is 0 Å². The van der Waals surface area contributed by atoms with Crippen LogP contribution >= 0.6 is 15.9 Å². The second-order valence-corrected chi connectivity index (χ2v) is 5.58. The Hall–Kier alpha value is -2.18. The molecule has 4 nitrogen and oxygen atoms in total. The van der Waals surface area contributed by atoms with Crippen molar-refractivity contribution < 1.29 is 19.0 Å². The molecule has 0 bridgehead atoms. The number of aliphatic hydroxyl groups excluding tert-OH is 1. The van der Waals surface area contributed by atoms with E-state index in [4.69, 9.17) is 4.42 Å². The van der Waals surface area contributed by atoms with Crippen LogP contribution in [0.4, 0.5) is 4.39 Å². The van der Waals surface area contributed by atoms with Crippen LogP contribution in [0.3, 0.4) is 0 Å². The van der Waals surface area contributed by atoms with Gasteiger partial charge in [-0.1, -0.05) is 28.1 Å². The van der Waals surface area contributed by atoms with Crippen LogP contribution < -0.4 is 5.36 Å². The normalized spacial score (nSPS) is 13.5. The molecule has 2 aromatic carbocycles. The van der Waals surface area contributed by atoms with Gasteiger partial charge in [-0.2, -0.15) is 0 Å². The van der Waals surface area contributed by atoms with Gasteiger partial charge >= 0.3 is 0 Å². The van der Waals surface area contributed by atoms with Crippen LogP contribution in [-0.4, -0.2) is 10.2 Å². The molecule has 6 heteroatoms. The number of halogens is 2. The summed E-state index contributed by atoms with van der Waals surface area (Å²) in [6.07, 6.45) is -0.0667. The number of benzene rings is 2. The van der Waals surface area contributed by atoms with E-state index >= 15 is 0 Å². The van der Waals surface area contributed by atoms with Gasteiger partial charge in [0.15, 0.2) is 12.0 Å². The number of hydrogen-bond donors (Lipinski definition) is 2. The van der Waals surface area contributed by atoms with E-state index in [9.17, 15) is 14.6 Å². The zero-order chi connectivity index (χ0) is 15.7. The van der Waals surface area contributed by atoms with E-state index in [1.807, 2.05) is 0 Å². The topological polar surface area (TPSA) is 66.0 Å². The third-order valence-electron chi connectivity index (χ3n) is 3.16. The Morgan fingerprint density at radius 1 is 1.14 bits per heavy atom. The van der Waals surface area contributed by atoms with Gasteiger partial charge in [-0.25, -0.2) is 9.38 Å². The molecule has 0 spiro atoms. The Kier molecular flexibility index (Phi) is 3.96. The van der Waals surface area contributed by atoms with Gasteiger partial charge in [-0.3, -0.25) is 0 Å². The first kappa shape index (κ1) is 14.7. The van der Waals surface area contributed by atoms with Crippen LogP contribution in [0, 0.1) is 5.82 Å². The van der Waals surface area contributed by atoms with Crippen molar-refractivity contribution in [2.75, 3.05) is 0 Å². The molecule has 22 heavy (non-hydrogen) atoms. The second kappa shape index (κ2) is 5.90. The quantitative estimate of drug-likeness (QED) is 0.730. The molecule has 0 saturated carbocycles. The third-order valence-corrected chi connectivity index (χ3v) is 3.65. The highest BCUT2D eigenvalue weighted by molar-refractivity contribution is 9.10. The van der Waals surface area contributed by atoms with E-state index in [-0.39, 0.29) is 11.1 Å². The fraction of sp³-hybridized carbons (Fsp3) is 0.0625. The van der Waals surface area contributed by atoms with Crippen LogP contribution in [0.5, 0.6) is 5.75 Å². The van der Waals surface area contributed by atoms with Gasteiger partial charge in [0.05, 0.1) is 0 Å². The Labute approximate surface area is 133 Å². The lowest BCUT2D eigenvalue weighted by Crippen LogP contribution is -2.08. The van der Waals surface area contributed by atoms with Crippen LogP contribution in [0.2, 0.25) is 0 Å². The Balaban J connectivity index is 2.17. The molecular formula is C16H11BrFNO3. The molecule has 112 valence electrons. The van der Waals surface area contributed by atoms with E-state index in [2.05, 4.69) is 20.9 Å². The number of nitrogens with zero attached hydrogens (tertiary/aromatic N) is 1. The molecule has 0 aliphatic heterocycles. The van der Waals surface area contributed by atoms with Gasteiger partial charge in [-0.15, -0.1) is 0 Å². The van der Waals surface area contributed by atoms with Gasteiger partial charge < -0.3 is 14.6 Å². The van der Waals surface area contributed by atoms with Gasteiger partial charge in [0, 0.05) is 15.4 Å². The molecule has 0 amide bonds. The first-order valence-corrected chi connectivity index (χ1v) is 7.21. The molecule has 3 rings (SSSR count). The molecule has 2 N–H and O–H groups in total. The molecule has 0 aliphatic carbocycles. The second-order valence-electron chi connectivity index (χ2n) is 4.66. The molecule has 0 fully saturated rings. The summed E-state index contributed by atoms with van der Waals surface area (Å²) in [6.45, 7) is 0. The zero-order valence-electron chi connectivity index (χ0n) is 11.2. The van der Waals surface area contributed by atoms with Gasteiger partial charge in [-0.05, 0) is 30.3 Å². The minimum absolute atomic E-state index is 0.188. The molecule has 1 aromatic heterocycles. The summed E-state index contributed by atoms with van der Waals surface area (Å²) in [7, 11) is 0. The van der Waals surface area contributed by atoms with E-state index in [1.165, 1.54) is 24.3 Å². The average molecular weight is 364 g/mol. The molecule has 1 unspecified atom stereocenters. The lowest BCUT2D eigenvalue weighted by atomic mass is 10.2. The van der Waals surface area contributed by atoms with E-state index in [0.717, 1.165) is 10.7 Å². The van der Waals surface area contributed by atoms with Crippen molar-refractivity contribution in [2.24, 2.45) is 4.99 Å². The van der Waals surface area contributed by atoms with Gasteiger partial charge in [0.1, 0.15) is 23.0 Å². The summed E-state index contributed by atoms with van der Waals surface area (Å²) in [4.78, 5) is 4.13. The molecule has 0 saturated heterocycles. The van der Waals surface area contributed by atoms with Crippen molar-refractivity contribution in [1.82, 2.24) is 0 Å². The fourth-order valence-corrected chi connectivity index (χ4v) is 2.43. The predicted molar refractivity (Wildman–Crippen MR) is 82.5 cm³/mol. The summed E-state index contributed by atoms with van der Waals surface area (Å²) >= 11 is 3.34. The monoisotopic (exact) mass is 363 g/mol. The molecule has 3 aromatic rings. The minimum Gasteiger partial charge on any atom is -0.503 e. The largest absolute Gasteiger partial charge is 0.503 e. The maximum Gasteiger partial charge on any atom is 0.177 e. The highest BCUT2D eigenvalue weighted by atomic mass is 79.9. The van der Waals surface area contributed by atoms with Crippen molar-refractivity contribution in [3.63, 3.8) is 0 Å². The number of aliphatic hydroxyl groups is 1. The first-order chi connectivity index (χ1) is 10.5. The molecule has 1 atom stereocenters. The maximum absolute atomic E-state index is 12.9. The third kappa shape index (κ3) is 2.88. The molecule has 1 heterocycles. The summed E-state index contributed by atoms with van der Waals surface area (Å²) in [5.74, 6) is -0.585. The minimum atomic E-state index is -1.23. The standard InChI is InChI=1S/C16H11BrFNO3/c17-10-3-6-14-12(7-10)15(13(20)8-22-14)19-16(21)9-1-4-11(18)5-2-9/h1-8,16,20-21H. The summed E-state index contributed by atoms with van der Waals surface area (Å²) in [6, 6.07) is 10.6. The Morgan fingerprint density at radius 2 is 1.86 bits per heavy atom. The first-order valence-electron chi connectivity index (χ1n) is 6.42. The van der Waals surface area contributed by atoms with Crippen LogP contribution in [0.25, 0.3) is 11.0 Å². The zero-order valence-corrected chi connectivity index (χ0v) is 12.8. The summed E-state index contributed by atoms with van der Waals surface area (Å²) < 4.78 is 19.0. The van der Waals surface area contributed by atoms with Crippen molar-refractivity contribution >= 4 is 26.9 Å². The van der Waals surface area contributed by atoms with E-state index < -0.39 is 12.0 Å². The lowest BCUT2D eigenvalue weighted by molar-refractivity contribution is 0.183. The van der Waals surface area contributed by atoms with Crippen molar-refractivity contribution in [3.05, 3.63) is 69.9 Å². The summed E-state index contributed by atoms with van der Waals surface area (Å²) in [5, 5.41) is 20.9. The Morgan fingerprint density at radius 3 is 2.59 bits per heavy atom. The lowest BCUT2D eigenvalue weighted by Gasteiger charge is -2.07. The highest BCUT2D eigenvalue weighted by Gasteiger charge is 2.09. The van der Waals surface area contributed by atoms with Crippen LogP contribution in [-0.2, 0) is 0 Å². The van der Waals surface area contributed by atoms with Crippen LogP contribution in [0.1, 0.15) is 11.8 Å². The van der Waals surface area contributed by atoms with E-state index in [1.54, 1.807) is 18.2 Å². The molecular weight excluding hydrogens is 353 g/mol. The van der Waals surface area contributed by atoms with Crippen LogP contribution in [0.15, 0.2) is 62.6 Å². The SMILES string of the molecule is Oc1coc2ccc(Br)cc2c1=NC(O)c1ccc(F)cc1. The predicted octanol–water partition coefficient (Wildman–Crippen LogP) is 3.63. The molecule has 0 aliphatic rings. The van der Waals surface area contributed by atoms with Crippen molar-refractivity contribution in [1.29, 1.82) is 0 Å². The summed E-state index contributed by atoms with van der Waals surface area (Å²) in [5.41, 5.74) is 0.941. The smallest absolute Gasteiger partial charge is 0.177 e. The highest BCUT2D eigenvalue weighted by Crippen LogP contribution is 2.21. The Bertz CT molecular complexity index is 885. The number of hydrogen-bond acceptors (Lipinski definition) is 4. The van der Waals surface area contributed by atoms with Gasteiger partial charge in [0.25, 0.3) is 0 Å². The van der Waals surface area contributed by atoms with E-state index in [0.29, 0.717) is 16.5 Å². The maximum atomic E-state index is 12.9. The average Bonchev–Trinajstić information content (AvgIpc) is 2.51. The van der Waals surface area contributed by atoms with Crippen molar-refractivity contribution in [3.8, 4) is 5.75 Å². The number of aromatic hydroxyl groups is 1. The number of fused-ring (bicyclic) bond motifs is 1. The molecule has 0 radical (unpaired) electrons. The van der Waals surface area contributed by atoms with Crippen molar-refractivity contribution in [2.45, 2.75) is 6.23 Å².